The molecule has 94 valence electrons. The average Bonchev–Trinajstić information content (AvgIpc) is 2.53. The van der Waals surface area contributed by atoms with E-state index in [1.165, 1.54) is 25.7 Å². The Kier molecular flexibility index (Phi) is 3.99. The second-order valence-electron chi connectivity index (χ2n) is 4.37. The summed E-state index contributed by atoms with van der Waals surface area (Å²) in [5, 5.41) is 3.15. The lowest BCUT2D eigenvalue weighted by atomic mass is 10.1. The zero-order valence-electron chi connectivity index (χ0n) is 10.3. The van der Waals surface area contributed by atoms with Crippen LogP contribution in [0.4, 0.5) is 11.9 Å². The zero-order chi connectivity index (χ0) is 12.3. The van der Waals surface area contributed by atoms with Crippen molar-refractivity contribution in [2.45, 2.75) is 38.6 Å². The van der Waals surface area contributed by atoms with E-state index >= 15 is 0 Å². The van der Waals surface area contributed by atoms with Crippen LogP contribution >= 0.6 is 11.6 Å². The van der Waals surface area contributed by atoms with E-state index in [9.17, 15) is 0 Å². The molecule has 1 aromatic heterocycles. The molecule has 17 heavy (non-hydrogen) atoms. The molecule has 0 bridgehead atoms. The highest BCUT2D eigenvalue weighted by molar-refractivity contribution is 6.28. The third-order valence-electron chi connectivity index (χ3n) is 3.13. The van der Waals surface area contributed by atoms with Crippen molar-refractivity contribution in [1.82, 2.24) is 15.0 Å². The normalized spacial score (nSPS) is 21.1. The molecule has 0 saturated carbocycles. The number of rotatable bonds is 2. The van der Waals surface area contributed by atoms with Gasteiger partial charge >= 0.3 is 0 Å². The van der Waals surface area contributed by atoms with Gasteiger partial charge in [-0.2, -0.15) is 15.0 Å². The molecule has 0 amide bonds. The molecule has 5 nitrogen and oxygen atoms in total. The second-order valence-corrected chi connectivity index (χ2v) is 4.71. The predicted octanol–water partition coefficient (Wildman–Crippen LogP) is 2.34. The summed E-state index contributed by atoms with van der Waals surface area (Å²) in [5.74, 6) is 1.21. The van der Waals surface area contributed by atoms with Crippen LogP contribution in [0, 0.1) is 0 Å². The van der Waals surface area contributed by atoms with Gasteiger partial charge < -0.3 is 10.2 Å². The van der Waals surface area contributed by atoms with Gasteiger partial charge in [-0.15, -0.1) is 0 Å². The van der Waals surface area contributed by atoms with Gasteiger partial charge in [0.2, 0.25) is 17.2 Å². The summed E-state index contributed by atoms with van der Waals surface area (Å²) < 4.78 is 0. The van der Waals surface area contributed by atoms with Crippen molar-refractivity contribution in [3.63, 3.8) is 0 Å². The van der Waals surface area contributed by atoms with Gasteiger partial charge in [-0.25, -0.2) is 0 Å². The largest absolute Gasteiger partial charge is 0.357 e. The molecule has 1 unspecified atom stereocenters. The molecular formula is C11H18ClN5. The van der Waals surface area contributed by atoms with Crippen molar-refractivity contribution < 1.29 is 0 Å². The van der Waals surface area contributed by atoms with Gasteiger partial charge in [0.15, 0.2) is 0 Å². The lowest BCUT2D eigenvalue weighted by Crippen LogP contribution is -2.34. The maximum absolute atomic E-state index is 5.91. The molecule has 1 saturated heterocycles. The van der Waals surface area contributed by atoms with E-state index in [1.807, 2.05) is 0 Å². The van der Waals surface area contributed by atoms with E-state index in [0.29, 0.717) is 17.9 Å². The molecule has 6 heteroatoms. The van der Waals surface area contributed by atoms with Gasteiger partial charge in [-0.1, -0.05) is 12.8 Å². The van der Waals surface area contributed by atoms with E-state index < -0.39 is 0 Å². The highest BCUT2D eigenvalue weighted by Gasteiger charge is 2.20. The monoisotopic (exact) mass is 255 g/mol. The van der Waals surface area contributed by atoms with Gasteiger partial charge in [0.1, 0.15) is 0 Å². The topological polar surface area (TPSA) is 53.9 Å². The molecule has 1 N–H and O–H groups in total. The third-order valence-corrected chi connectivity index (χ3v) is 3.30. The van der Waals surface area contributed by atoms with Crippen molar-refractivity contribution >= 4 is 23.5 Å². The summed E-state index contributed by atoms with van der Waals surface area (Å²) in [5.41, 5.74) is 0. The quantitative estimate of drug-likeness (QED) is 0.879. The van der Waals surface area contributed by atoms with E-state index in [0.717, 1.165) is 6.54 Å². The van der Waals surface area contributed by atoms with Gasteiger partial charge in [0.25, 0.3) is 0 Å². The Morgan fingerprint density at radius 3 is 2.82 bits per heavy atom. The molecule has 0 radical (unpaired) electrons. The summed E-state index contributed by atoms with van der Waals surface area (Å²) in [6, 6.07) is 0.459. The van der Waals surface area contributed by atoms with Gasteiger partial charge in [-0.05, 0) is 31.4 Å². The fourth-order valence-corrected chi connectivity index (χ4v) is 2.31. The molecule has 0 aliphatic carbocycles. The minimum Gasteiger partial charge on any atom is -0.357 e. The van der Waals surface area contributed by atoms with Gasteiger partial charge in [0, 0.05) is 19.6 Å². The van der Waals surface area contributed by atoms with Crippen LogP contribution in [0.5, 0.6) is 0 Å². The molecule has 1 aromatic rings. The first kappa shape index (κ1) is 12.4. The molecule has 1 aliphatic heterocycles. The minimum absolute atomic E-state index is 0.246. The summed E-state index contributed by atoms with van der Waals surface area (Å²) in [4.78, 5) is 14.8. The van der Waals surface area contributed by atoms with Crippen molar-refractivity contribution in [2.24, 2.45) is 0 Å². The molecule has 1 fully saturated rings. The van der Waals surface area contributed by atoms with Crippen LogP contribution < -0.4 is 10.2 Å². The number of nitrogens with one attached hydrogen (secondary N) is 1. The van der Waals surface area contributed by atoms with Crippen LogP contribution in [0.3, 0.4) is 0 Å². The van der Waals surface area contributed by atoms with Gasteiger partial charge in [0.05, 0.1) is 0 Å². The summed E-state index contributed by atoms with van der Waals surface area (Å²) in [6.45, 7) is 3.20. The van der Waals surface area contributed by atoms with Crippen LogP contribution in [0.2, 0.25) is 5.28 Å². The summed E-state index contributed by atoms with van der Waals surface area (Å²) in [7, 11) is 1.78. The first-order chi connectivity index (χ1) is 8.20. The van der Waals surface area contributed by atoms with E-state index in [4.69, 9.17) is 11.6 Å². The lowest BCUT2D eigenvalue weighted by molar-refractivity contribution is 0.604. The van der Waals surface area contributed by atoms with Crippen molar-refractivity contribution in [1.29, 1.82) is 0 Å². The second kappa shape index (κ2) is 5.49. The van der Waals surface area contributed by atoms with E-state index in [-0.39, 0.29) is 5.28 Å². The SMILES string of the molecule is CNc1nc(Cl)nc(N2CCCCCC2C)n1. The molecular weight excluding hydrogens is 238 g/mol. The number of nitrogens with zero attached hydrogens (tertiary/aromatic N) is 4. The number of aromatic nitrogens is 3. The predicted molar refractivity (Wildman–Crippen MR) is 69.7 cm³/mol. The maximum atomic E-state index is 5.91. The van der Waals surface area contributed by atoms with Gasteiger partial charge in [-0.3, -0.25) is 0 Å². The van der Waals surface area contributed by atoms with Crippen molar-refractivity contribution in [3.8, 4) is 0 Å². The standard InChI is InChI=1S/C11H18ClN5/c1-8-6-4-3-5-7-17(8)11-15-9(12)14-10(13-2)16-11/h8H,3-7H2,1-2H3,(H,13,14,15,16). The fourth-order valence-electron chi connectivity index (χ4n) is 2.15. The molecule has 0 spiro atoms. The minimum atomic E-state index is 0.246. The molecule has 1 aliphatic rings. The number of halogens is 1. The summed E-state index contributed by atoms with van der Waals surface area (Å²) >= 11 is 5.91. The van der Waals surface area contributed by atoms with E-state index in [2.05, 4.69) is 32.1 Å². The van der Waals surface area contributed by atoms with Crippen LogP contribution in [0.1, 0.15) is 32.6 Å². The molecule has 2 rings (SSSR count). The third kappa shape index (κ3) is 2.97. The van der Waals surface area contributed by atoms with E-state index in [1.54, 1.807) is 7.05 Å². The van der Waals surface area contributed by atoms with Crippen LogP contribution in [0.15, 0.2) is 0 Å². The van der Waals surface area contributed by atoms with Crippen molar-refractivity contribution in [2.75, 3.05) is 23.8 Å². The Bertz CT molecular complexity index is 384. The average molecular weight is 256 g/mol. The Morgan fingerprint density at radius 2 is 2.06 bits per heavy atom. The van der Waals surface area contributed by atoms with Crippen LogP contribution in [-0.4, -0.2) is 34.6 Å². The molecule has 0 aromatic carbocycles. The Labute approximate surface area is 107 Å². The first-order valence-corrected chi connectivity index (χ1v) is 6.44. The Balaban J connectivity index is 2.27. The Hall–Kier alpha value is -1.10. The highest BCUT2D eigenvalue weighted by atomic mass is 35.5. The van der Waals surface area contributed by atoms with Crippen LogP contribution in [-0.2, 0) is 0 Å². The molecule has 1 atom stereocenters. The van der Waals surface area contributed by atoms with Crippen molar-refractivity contribution in [3.05, 3.63) is 5.28 Å². The fraction of sp³-hybridized carbons (Fsp3) is 0.727. The number of hydrogen-bond acceptors (Lipinski definition) is 5. The first-order valence-electron chi connectivity index (χ1n) is 6.06. The summed E-state index contributed by atoms with van der Waals surface area (Å²) in [6.07, 6.45) is 4.91. The Morgan fingerprint density at radius 1 is 1.24 bits per heavy atom. The number of hydrogen-bond donors (Lipinski definition) is 1. The van der Waals surface area contributed by atoms with Crippen LogP contribution in [0.25, 0.3) is 0 Å². The smallest absolute Gasteiger partial charge is 0.231 e. The lowest BCUT2D eigenvalue weighted by Gasteiger charge is -2.27. The molecule has 2 heterocycles. The highest BCUT2D eigenvalue weighted by Crippen LogP contribution is 2.22. The number of anilines is 2. The zero-order valence-corrected chi connectivity index (χ0v) is 11.0. The maximum Gasteiger partial charge on any atom is 0.231 e.